The minimum absolute atomic E-state index is 0.165. The number of rotatable bonds is 3. The van der Waals surface area contributed by atoms with E-state index in [0.29, 0.717) is 38.3 Å². The molecule has 1 aromatic rings. The number of hydrogen-bond acceptors (Lipinski definition) is 6. The maximum Gasteiger partial charge on any atom is 0.324 e. The maximum atomic E-state index is 13.8. The van der Waals surface area contributed by atoms with Crippen molar-refractivity contribution in [1.82, 2.24) is 21.1 Å². The fourth-order valence-corrected chi connectivity index (χ4v) is 5.34. The summed E-state index contributed by atoms with van der Waals surface area (Å²) in [6, 6.07) is 7.19. The van der Waals surface area contributed by atoms with Gasteiger partial charge in [-0.25, -0.2) is 5.43 Å². The normalized spacial score (nSPS) is 29.0. The Labute approximate surface area is 244 Å². The molecule has 1 fully saturated rings. The Morgan fingerprint density at radius 2 is 1.71 bits per heavy atom. The molecule has 9 heteroatoms. The highest BCUT2D eigenvalue weighted by atomic mass is 16.5. The van der Waals surface area contributed by atoms with E-state index in [0.717, 1.165) is 31.2 Å². The summed E-state index contributed by atoms with van der Waals surface area (Å²) < 4.78 is 5.52. The van der Waals surface area contributed by atoms with Crippen LogP contribution >= 0.6 is 0 Å². The van der Waals surface area contributed by atoms with E-state index in [-0.39, 0.29) is 36.0 Å². The lowest BCUT2D eigenvalue weighted by molar-refractivity contribution is -0.153. The van der Waals surface area contributed by atoms with Crippen molar-refractivity contribution in [3.05, 3.63) is 48.0 Å². The fraction of sp³-hybridized carbons (Fsp3) is 0.625. The third-order valence-electron chi connectivity index (χ3n) is 7.80. The van der Waals surface area contributed by atoms with Gasteiger partial charge in [0.05, 0.1) is 6.61 Å². The van der Waals surface area contributed by atoms with Crippen molar-refractivity contribution in [2.75, 3.05) is 13.2 Å². The second kappa shape index (κ2) is 16.3. The summed E-state index contributed by atoms with van der Waals surface area (Å²) in [6.45, 7) is 8.52. The smallest absolute Gasteiger partial charge is 0.324 e. The number of carbonyl (C=O) groups is 4. The molecule has 2 aliphatic heterocycles. The number of hydrogen-bond donors (Lipinski definition) is 3. The van der Waals surface area contributed by atoms with E-state index in [1.165, 1.54) is 5.01 Å². The number of cyclic esters (lactones) is 1. The van der Waals surface area contributed by atoms with Crippen molar-refractivity contribution in [2.45, 2.75) is 97.2 Å². The van der Waals surface area contributed by atoms with Crippen LogP contribution in [0.25, 0.3) is 0 Å². The number of nitrogens with one attached hydrogen (secondary N) is 3. The molecule has 2 bridgehead atoms. The summed E-state index contributed by atoms with van der Waals surface area (Å²) in [5.41, 5.74) is 3.94. The molecule has 0 saturated carbocycles. The van der Waals surface area contributed by atoms with Gasteiger partial charge in [0, 0.05) is 18.9 Å². The number of carbonyl (C=O) groups excluding carboxylic acids is 4. The van der Waals surface area contributed by atoms with E-state index in [1.807, 2.05) is 51.1 Å². The number of nitrogens with zero attached hydrogens (tertiary/aromatic N) is 1. The van der Waals surface area contributed by atoms with Crippen molar-refractivity contribution in [1.29, 1.82) is 0 Å². The van der Waals surface area contributed by atoms with Crippen molar-refractivity contribution in [2.24, 2.45) is 17.8 Å². The lowest BCUT2D eigenvalue weighted by Crippen LogP contribution is -2.62. The van der Waals surface area contributed by atoms with Crippen LogP contribution in [0.4, 0.5) is 0 Å². The minimum atomic E-state index is -0.882. The van der Waals surface area contributed by atoms with Crippen LogP contribution < -0.4 is 16.1 Å². The van der Waals surface area contributed by atoms with E-state index < -0.39 is 24.0 Å². The molecule has 0 aliphatic carbocycles. The molecule has 0 spiro atoms. The van der Waals surface area contributed by atoms with Gasteiger partial charge in [0.2, 0.25) is 11.8 Å². The highest BCUT2D eigenvalue weighted by molar-refractivity contribution is 5.92. The number of esters is 1. The van der Waals surface area contributed by atoms with Crippen LogP contribution in [0.1, 0.15) is 78.2 Å². The molecule has 3 rings (SSSR count). The predicted octanol–water partition coefficient (Wildman–Crippen LogP) is 3.69. The Bertz CT molecular complexity index is 1040. The molecular weight excluding hydrogens is 520 g/mol. The lowest BCUT2D eigenvalue weighted by atomic mass is 9.93. The number of fused-ring (bicyclic) bond motifs is 2. The average Bonchev–Trinajstić information content (AvgIpc) is 2.96. The Hall–Kier alpha value is -3.20. The van der Waals surface area contributed by atoms with E-state index in [4.69, 9.17) is 4.74 Å². The first-order valence-electron chi connectivity index (χ1n) is 15.2. The number of amides is 3. The molecule has 41 heavy (non-hydrogen) atoms. The molecule has 1 aromatic carbocycles. The van der Waals surface area contributed by atoms with Crippen LogP contribution in [0.5, 0.6) is 0 Å². The van der Waals surface area contributed by atoms with Crippen LogP contribution in [-0.2, 0) is 30.3 Å². The Balaban J connectivity index is 1.84. The van der Waals surface area contributed by atoms with Gasteiger partial charge in [0.25, 0.3) is 5.91 Å². The van der Waals surface area contributed by atoms with Gasteiger partial charge in [-0.1, -0.05) is 70.2 Å². The summed E-state index contributed by atoms with van der Waals surface area (Å²) in [4.78, 5) is 53.3. The first-order valence-corrected chi connectivity index (χ1v) is 15.2. The predicted molar refractivity (Wildman–Crippen MR) is 158 cm³/mol. The summed E-state index contributed by atoms with van der Waals surface area (Å²) >= 11 is 0. The van der Waals surface area contributed by atoms with E-state index in [2.05, 4.69) is 35.1 Å². The SMILES string of the molecule is CC(C)[C@@H]1NC(=O)[C@@H](C)C[C@@H](C)C/C=C/CCCCOC(=O)[C@@H]2CCCN(N2)C(=O)[C@H](Cc2ccccc2)NC1=O. The quantitative estimate of drug-likeness (QED) is 0.378. The van der Waals surface area contributed by atoms with Crippen LogP contribution in [0.2, 0.25) is 0 Å². The van der Waals surface area contributed by atoms with Gasteiger partial charge < -0.3 is 15.4 Å². The number of allylic oxidation sites excluding steroid dienone is 2. The van der Waals surface area contributed by atoms with Gasteiger partial charge in [-0.2, -0.15) is 0 Å². The van der Waals surface area contributed by atoms with Crippen molar-refractivity contribution >= 4 is 23.7 Å². The molecule has 0 radical (unpaired) electrons. The third-order valence-corrected chi connectivity index (χ3v) is 7.80. The van der Waals surface area contributed by atoms with Crippen molar-refractivity contribution in [3.63, 3.8) is 0 Å². The first kappa shape index (κ1) is 32.3. The number of hydrazine groups is 1. The first-order chi connectivity index (χ1) is 19.7. The van der Waals surface area contributed by atoms with Crippen LogP contribution in [0, 0.1) is 17.8 Å². The molecule has 5 atom stereocenters. The van der Waals surface area contributed by atoms with Gasteiger partial charge >= 0.3 is 5.97 Å². The lowest BCUT2D eigenvalue weighted by Gasteiger charge is -2.35. The molecule has 226 valence electrons. The van der Waals surface area contributed by atoms with Crippen molar-refractivity contribution < 1.29 is 23.9 Å². The molecule has 0 aromatic heterocycles. The second-order valence-corrected chi connectivity index (χ2v) is 11.9. The Kier molecular flexibility index (Phi) is 12.8. The monoisotopic (exact) mass is 568 g/mol. The van der Waals surface area contributed by atoms with Gasteiger partial charge in [-0.3, -0.25) is 24.2 Å². The van der Waals surface area contributed by atoms with Crippen molar-refractivity contribution in [3.8, 4) is 0 Å². The fourth-order valence-electron chi connectivity index (χ4n) is 5.34. The minimum Gasteiger partial charge on any atom is -0.464 e. The number of benzene rings is 1. The maximum absolute atomic E-state index is 13.8. The molecule has 9 nitrogen and oxygen atoms in total. The molecule has 2 aliphatic rings. The highest BCUT2D eigenvalue weighted by Gasteiger charge is 2.35. The summed E-state index contributed by atoms with van der Waals surface area (Å²) in [5, 5.41) is 7.32. The van der Waals surface area contributed by atoms with Gasteiger partial charge in [0.15, 0.2) is 0 Å². The largest absolute Gasteiger partial charge is 0.464 e. The highest BCUT2D eigenvalue weighted by Crippen LogP contribution is 2.18. The van der Waals surface area contributed by atoms with E-state index in [9.17, 15) is 19.2 Å². The van der Waals surface area contributed by atoms with Crippen LogP contribution in [0.3, 0.4) is 0 Å². The molecule has 3 N–H and O–H groups in total. The topological polar surface area (TPSA) is 117 Å². The standard InChI is InChI=1S/C32H48N4O5/c1-22(2)28-30(38)33-27(21-25-15-10-8-11-16-25)31(39)36-18-13-17-26(35-36)32(40)41-19-12-7-5-6-9-14-23(3)20-24(4)29(37)34-28/h6,8-11,15-16,22-24,26-28,35H,5,7,12-14,17-21H2,1-4H3,(H,33,38)(H,34,37)/b9-6+/t23-,24-,26-,27-,28-/m0/s1. The molecule has 1 saturated heterocycles. The summed E-state index contributed by atoms with van der Waals surface area (Å²) in [6.07, 6.45) is 9.93. The van der Waals surface area contributed by atoms with E-state index >= 15 is 0 Å². The zero-order valence-electron chi connectivity index (χ0n) is 25.1. The number of ether oxygens (including phenoxy) is 1. The van der Waals surface area contributed by atoms with E-state index in [1.54, 1.807) is 0 Å². The molecule has 3 amide bonds. The van der Waals surface area contributed by atoms with Crippen LogP contribution in [0.15, 0.2) is 42.5 Å². The van der Waals surface area contributed by atoms with Crippen LogP contribution in [-0.4, -0.2) is 60.0 Å². The average molecular weight is 569 g/mol. The zero-order valence-corrected chi connectivity index (χ0v) is 25.1. The summed E-state index contributed by atoms with van der Waals surface area (Å²) in [7, 11) is 0. The van der Waals surface area contributed by atoms with Gasteiger partial charge in [0.1, 0.15) is 18.1 Å². The summed E-state index contributed by atoms with van der Waals surface area (Å²) in [5.74, 6) is -1.39. The molecular formula is C32H48N4O5. The molecule has 0 unspecified atom stereocenters. The second-order valence-electron chi connectivity index (χ2n) is 11.9. The zero-order chi connectivity index (χ0) is 29.8. The Morgan fingerprint density at radius 3 is 2.44 bits per heavy atom. The Morgan fingerprint density at radius 1 is 0.951 bits per heavy atom. The van der Waals surface area contributed by atoms with Gasteiger partial charge in [-0.15, -0.1) is 0 Å². The van der Waals surface area contributed by atoms with Gasteiger partial charge in [-0.05, 0) is 62.3 Å². The third kappa shape index (κ3) is 10.3. The molecule has 2 heterocycles.